The second kappa shape index (κ2) is 8.25. The molecule has 0 aliphatic rings. The number of hydrogen-bond acceptors (Lipinski definition) is 3. The fraction of sp³-hybridized carbons (Fsp3) is 0.120. The molecule has 0 saturated heterocycles. The van der Waals surface area contributed by atoms with Crippen molar-refractivity contribution in [3.8, 4) is 5.75 Å². The lowest BCUT2D eigenvalue weighted by Gasteiger charge is -2.23. The summed E-state index contributed by atoms with van der Waals surface area (Å²) < 4.78 is 5.26. The van der Waals surface area contributed by atoms with E-state index >= 15 is 0 Å². The quantitative estimate of drug-likeness (QED) is 0.530. The highest BCUT2D eigenvalue weighted by atomic mass is 16.5. The molecule has 5 heteroatoms. The van der Waals surface area contributed by atoms with Gasteiger partial charge in [-0.25, -0.2) is 0 Å². The number of carbonyl (C=O) groups is 1. The van der Waals surface area contributed by atoms with Crippen LogP contribution in [-0.2, 0) is 6.54 Å². The SMILES string of the molecule is COc1cccc(C(=O)N(Cc2cc3cc(C)ccc3[nH]c2=O)c2ccccc2)c1. The minimum Gasteiger partial charge on any atom is -0.497 e. The van der Waals surface area contributed by atoms with Crippen molar-refractivity contribution in [2.75, 3.05) is 12.0 Å². The Morgan fingerprint density at radius 1 is 0.967 bits per heavy atom. The smallest absolute Gasteiger partial charge is 0.258 e. The Bertz CT molecular complexity index is 1260. The summed E-state index contributed by atoms with van der Waals surface area (Å²) in [6.45, 7) is 2.16. The monoisotopic (exact) mass is 398 g/mol. The molecule has 1 N–H and O–H groups in total. The molecule has 150 valence electrons. The van der Waals surface area contributed by atoms with Crippen LogP contribution in [0.2, 0.25) is 0 Å². The number of para-hydroxylation sites is 1. The molecule has 0 aliphatic heterocycles. The summed E-state index contributed by atoms with van der Waals surface area (Å²) in [6, 6.07) is 24.1. The number of fused-ring (bicyclic) bond motifs is 1. The van der Waals surface area contributed by atoms with Gasteiger partial charge in [-0.05, 0) is 60.8 Å². The lowest BCUT2D eigenvalue weighted by atomic mass is 10.1. The van der Waals surface area contributed by atoms with E-state index in [1.165, 1.54) is 0 Å². The average Bonchev–Trinajstić information content (AvgIpc) is 2.78. The Kier molecular flexibility index (Phi) is 5.35. The number of methoxy groups -OCH3 is 1. The highest BCUT2D eigenvalue weighted by Crippen LogP contribution is 2.22. The Labute approximate surface area is 174 Å². The molecule has 1 amide bonds. The second-order valence-electron chi connectivity index (χ2n) is 7.17. The zero-order valence-electron chi connectivity index (χ0n) is 16.9. The summed E-state index contributed by atoms with van der Waals surface area (Å²) in [5, 5.41) is 0.937. The first kappa shape index (κ1) is 19.5. The number of carbonyl (C=O) groups excluding carboxylic acids is 1. The zero-order valence-corrected chi connectivity index (χ0v) is 16.9. The highest BCUT2D eigenvalue weighted by Gasteiger charge is 2.20. The van der Waals surface area contributed by atoms with Gasteiger partial charge in [0.05, 0.1) is 13.7 Å². The molecule has 4 aromatic rings. The summed E-state index contributed by atoms with van der Waals surface area (Å²) in [7, 11) is 1.56. The fourth-order valence-corrected chi connectivity index (χ4v) is 3.46. The molecule has 0 spiro atoms. The number of anilines is 1. The van der Waals surface area contributed by atoms with Gasteiger partial charge in [-0.3, -0.25) is 9.59 Å². The van der Waals surface area contributed by atoms with Crippen molar-refractivity contribution >= 4 is 22.5 Å². The van der Waals surface area contributed by atoms with E-state index in [4.69, 9.17) is 4.74 Å². The molecule has 0 fully saturated rings. The van der Waals surface area contributed by atoms with E-state index in [0.717, 1.165) is 16.5 Å². The van der Waals surface area contributed by atoms with Crippen LogP contribution in [0.1, 0.15) is 21.5 Å². The molecule has 0 aliphatic carbocycles. The maximum Gasteiger partial charge on any atom is 0.258 e. The first-order chi connectivity index (χ1) is 14.5. The van der Waals surface area contributed by atoms with Crippen molar-refractivity contribution in [3.63, 3.8) is 0 Å². The van der Waals surface area contributed by atoms with Crippen LogP contribution in [0.25, 0.3) is 10.9 Å². The minimum absolute atomic E-state index is 0.152. The van der Waals surface area contributed by atoms with Crippen LogP contribution in [0.5, 0.6) is 5.75 Å². The lowest BCUT2D eigenvalue weighted by Crippen LogP contribution is -2.32. The molecular formula is C25H22N2O3. The molecule has 0 radical (unpaired) electrons. The fourth-order valence-electron chi connectivity index (χ4n) is 3.46. The van der Waals surface area contributed by atoms with Gasteiger partial charge in [0.25, 0.3) is 11.5 Å². The van der Waals surface area contributed by atoms with Crippen LogP contribution in [-0.4, -0.2) is 18.0 Å². The molecule has 0 atom stereocenters. The molecule has 30 heavy (non-hydrogen) atoms. The van der Waals surface area contributed by atoms with Gasteiger partial charge in [0.1, 0.15) is 5.75 Å². The van der Waals surface area contributed by atoms with Crippen molar-refractivity contribution in [2.24, 2.45) is 0 Å². The van der Waals surface area contributed by atoms with Gasteiger partial charge < -0.3 is 14.6 Å². The molecule has 4 rings (SSSR count). The van der Waals surface area contributed by atoms with E-state index in [1.54, 1.807) is 36.3 Å². The van der Waals surface area contributed by atoms with Gasteiger partial charge in [-0.2, -0.15) is 0 Å². The van der Waals surface area contributed by atoms with Crippen LogP contribution < -0.4 is 15.2 Å². The van der Waals surface area contributed by atoms with Crippen molar-refractivity contribution in [3.05, 3.63) is 106 Å². The number of nitrogens with one attached hydrogen (secondary N) is 1. The van der Waals surface area contributed by atoms with Gasteiger partial charge in [0.15, 0.2) is 0 Å². The van der Waals surface area contributed by atoms with Gasteiger partial charge in [-0.1, -0.05) is 35.9 Å². The standard InChI is InChI=1S/C25H22N2O3/c1-17-11-12-23-19(13-17)14-20(24(28)26-23)16-27(21-8-4-3-5-9-21)25(29)18-7-6-10-22(15-18)30-2/h3-15H,16H2,1-2H3,(H,26,28). The molecule has 5 nitrogen and oxygen atoms in total. The highest BCUT2D eigenvalue weighted by molar-refractivity contribution is 6.06. The number of aromatic nitrogens is 1. The third-order valence-electron chi connectivity index (χ3n) is 5.03. The predicted molar refractivity (Wildman–Crippen MR) is 119 cm³/mol. The number of benzene rings is 3. The summed E-state index contributed by atoms with van der Waals surface area (Å²) in [5.74, 6) is 0.400. The van der Waals surface area contributed by atoms with Crippen molar-refractivity contribution in [1.29, 1.82) is 0 Å². The number of pyridine rings is 1. The second-order valence-corrected chi connectivity index (χ2v) is 7.17. The Balaban J connectivity index is 1.77. The van der Waals surface area contributed by atoms with Crippen molar-refractivity contribution < 1.29 is 9.53 Å². The van der Waals surface area contributed by atoms with Gasteiger partial charge in [0.2, 0.25) is 0 Å². The van der Waals surface area contributed by atoms with E-state index < -0.39 is 0 Å². The number of hydrogen-bond donors (Lipinski definition) is 1. The van der Waals surface area contributed by atoms with E-state index in [0.29, 0.717) is 22.6 Å². The van der Waals surface area contributed by atoms with Crippen LogP contribution in [0.4, 0.5) is 5.69 Å². The Hall–Kier alpha value is -3.86. The number of nitrogens with zero attached hydrogens (tertiary/aromatic N) is 1. The third kappa shape index (κ3) is 3.96. The number of ether oxygens (including phenoxy) is 1. The maximum absolute atomic E-state index is 13.4. The molecule has 0 bridgehead atoms. The molecule has 0 saturated carbocycles. The van der Waals surface area contributed by atoms with Crippen LogP contribution in [0.15, 0.2) is 83.7 Å². The normalized spacial score (nSPS) is 10.7. The first-order valence-corrected chi connectivity index (χ1v) is 9.69. The summed E-state index contributed by atoms with van der Waals surface area (Å²) in [6.07, 6.45) is 0. The number of rotatable bonds is 5. The summed E-state index contributed by atoms with van der Waals surface area (Å²) in [5.41, 5.74) is 3.41. The molecule has 1 aromatic heterocycles. The number of H-pyrrole nitrogens is 1. The molecular weight excluding hydrogens is 376 g/mol. The predicted octanol–water partition coefficient (Wildman–Crippen LogP) is 4.69. The zero-order chi connectivity index (χ0) is 21.1. The largest absolute Gasteiger partial charge is 0.497 e. The van der Waals surface area contributed by atoms with Crippen LogP contribution in [0.3, 0.4) is 0 Å². The summed E-state index contributed by atoms with van der Waals surface area (Å²) in [4.78, 5) is 30.7. The van der Waals surface area contributed by atoms with Crippen LogP contribution in [0, 0.1) is 6.92 Å². The topological polar surface area (TPSA) is 62.4 Å². The van der Waals surface area contributed by atoms with E-state index in [9.17, 15) is 9.59 Å². The number of aryl methyl sites for hydroxylation is 1. The lowest BCUT2D eigenvalue weighted by molar-refractivity contribution is 0.0984. The Morgan fingerprint density at radius 3 is 2.53 bits per heavy atom. The summed E-state index contributed by atoms with van der Waals surface area (Å²) >= 11 is 0. The maximum atomic E-state index is 13.4. The van der Waals surface area contributed by atoms with E-state index in [1.807, 2.05) is 61.5 Å². The van der Waals surface area contributed by atoms with Gasteiger partial charge in [0, 0.05) is 22.3 Å². The molecule has 1 heterocycles. The molecule has 3 aromatic carbocycles. The van der Waals surface area contributed by atoms with Gasteiger partial charge >= 0.3 is 0 Å². The van der Waals surface area contributed by atoms with Crippen LogP contribution >= 0.6 is 0 Å². The third-order valence-corrected chi connectivity index (χ3v) is 5.03. The minimum atomic E-state index is -0.205. The number of amides is 1. The van der Waals surface area contributed by atoms with Gasteiger partial charge in [-0.15, -0.1) is 0 Å². The van der Waals surface area contributed by atoms with Crippen molar-refractivity contribution in [1.82, 2.24) is 4.98 Å². The average molecular weight is 398 g/mol. The molecule has 0 unspecified atom stereocenters. The van der Waals surface area contributed by atoms with E-state index in [-0.39, 0.29) is 18.0 Å². The van der Waals surface area contributed by atoms with Crippen molar-refractivity contribution in [2.45, 2.75) is 13.5 Å². The number of aromatic amines is 1. The first-order valence-electron chi connectivity index (χ1n) is 9.69. The van der Waals surface area contributed by atoms with E-state index in [2.05, 4.69) is 4.98 Å². The Morgan fingerprint density at radius 2 is 1.77 bits per heavy atom.